The van der Waals surface area contributed by atoms with E-state index in [1.54, 1.807) is 0 Å². The molecular weight excluding hydrogens is 327 g/mol. The van der Waals surface area contributed by atoms with Crippen LogP contribution >= 0.6 is 0 Å². The summed E-state index contributed by atoms with van der Waals surface area (Å²) >= 11 is 0. The molecule has 2 aliphatic rings. The van der Waals surface area contributed by atoms with Crippen molar-refractivity contribution in [3.63, 3.8) is 0 Å². The number of hydrogen-bond donors (Lipinski definition) is 0. The number of rotatable bonds is 6. The monoisotopic (exact) mass is 360 g/mol. The first kappa shape index (κ1) is 19.4. The van der Waals surface area contributed by atoms with Gasteiger partial charge in [-0.15, -0.1) is 0 Å². The number of carbonyl (C=O) groups excluding carboxylic acids is 1. The summed E-state index contributed by atoms with van der Waals surface area (Å²) in [6.45, 7) is 2.24. The van der Waals surface area contributed by atoms with E-state index in [9.17, 15) is 9.18 Å². The third-order valence-electron chi connectivity index (χ3n) is 6.44. The molecule has 3 heteroatoms. The first-order chi connectivity index (χ1) is 12.7. The highest BCUT2D eigenvalue weighted by Crippen LogP contribution is 2.36. The quantitative estimate of drug-likeness (QED) is 0.549. The molecule has 0 aromatic heterocycles. The molecule has 2 aliphatic carbocycles. The van der Waals surface area contributed by atoms with E-state index in [-0.39, 0.29) is 23.8 Å². The van der Waals surface area contributed by atoms with Crippen LogP contribution in [-0.4, -0.2) is 12.1 Å². The van der Waals surface area contributed by atoms with Crippen LogP contribution in [-0.2, 0) is 9.53 Å². The SMILES string of the molecule is CCCCC1CCC(C(=O)OC2CCC(c3ccc(F)cc3)CC2)CC1. The van der Waals surface area contributed by atoms with E-state index in [4.69, 9.17) is 4.74 Å². The molecule has 0 amide bonds. The van der Waals surface area contributed by atoms with Gasteiger partial charge in [0.05, 0.1) is 5.92 Å². The Hall–Kier alpha value is -1.38. The van der Waals surface area contributed by atoms with E-state index < -0.39 is 0 Å². The van der Waals surface area contributed by atoms with Crippen LogP contribution in [0.25, 0.3) is 0 Å². The Morgan fingerprint density at radius 3 is 2.27 bits per heavy atom. The normalized spacial score (nSPS) is 29.3. The van der Waals surface area contributed by atoms with E-state index in [1.807, 2.05) is 12.1 Å². The first-order valence-electron chi connectivity index (χ1n) is 10.6. The molecule has 0 atom stereocenters. The molecule has 2 fully saturated rings. The molecule has 0 saturated heterocycles. The minimum Gasteiger partial charge on any atom is -0.462 e. The van der Waals surface area contributed by atoms with Crippen molar-refractivity contribution in [1.29, 1.82) is 0 Å². The molecule has 0 spiro atoms. The average Bonchev–Trinajstić information content (AvgIpc) is 2.68. The Labute approximate surface area is 157 Å². The highest BCUT2D eigenvalue weighted by molar-refractivity contribution is 5.72. The van der Waals surface area contributed by atoms with E-state index in [0.717, 1.165) is 44.4 Å². The van der Waals surface area contributed by atoms with Crippen LogP contribution in [0.15, 0.2) is 24.3 Å². The van der Waals surface area contributed by atoms with Gasteiger partial charge in [-0.2, -0.15) is 0 Å². The van der Waals surface area contributed by atoms with Crippen molar-refractivity contribution in [1.82, 2.24) is 0 Å². The standard InChI is InChI=1S/C23H33FO2/c1-2-3-4-17-5-7-20(8-6-17)23(25)26-22-15-11-19(12-16-22)18-9-13-21(24)14-10-18/h9-10,13-14,17,19-20,22H,2-8,11-12,15-16H2,1H3. The summed E-state index contributed by atoms with van der Waals surface area (Å²) in [5, 5.41) is 0. The van der Waals surface area contributed by atoms with Gasteiger partial charge in [-0.3, -0.25) is 4.79 Å². The van der Waals surface area contributed by atoms with Gasteiger partial charge in [0.25, 0.3) is 0 Å². The van der Waals surface area contributed by atoms with Crippen LogP contribution in [0.1, 0.15) is 89.0 Å². The number of ether oxygens (including phenoxy) is 1. The summed E-state index contributed by atoms with van der Waals surface area (Å²) in [7, 11) is 0. The zero-order valence-electron chi connectivity index (χ0n) is 16.1. The van der Waals surface area contributed by atoms with Crippen molar-refractivity contribution in [3.8, 4) is 0 Å². The van der Waals surface area contributed by atoms with Gasteiger partial charge in [0.2, 0.25) is 0 Å². The van der Waals surface area contributed by atoms with Crippen LogP contribution in [0.5, 0.6) is 0 Å². The fourth-order valence-corrected chi connectivity index (χ4v) is 4.69. The predicted octanol–water partition coefficient (Wildman–Crippen LogP) is 6.39. The number of carbonyl (C=O) groups is 1. The van der Waals surface area contributed by atoms with E-state index in [1.165, 1.54) is 49.8 Å². The van der Waals surface area contributed by atoms with Gasteiger partial charge in [0, 0.05) is 0 Å². The summed E-state index contributed by atoms with van der Waals surface area (Å²) in [6, 6.07) is 6.86. The molecule has 0 unspecified atom stereocenters. The molecule has 1 aromatic rings. The van der Waals surface area contributed by atoms with Gasteiger partial charge in [-0.25, -0.2) is 4.39 Å². The lowest BCUT2D eigenvalue weighted by Crippen LogP contribution is -2.29. The van der Waals surface area contributed by atoms with Crippen molar-refractivity contribution in [2.45, 2.75) is 89.6 Å². The van der Waals surface area contributed by atoms with Crippen molar-refractivity contribution >= 4 is 5.97 Å². The predicted molar refractivity (Wildman–Crippen MR) is 102 cm³/mol. The van der Waals surface area contributed by atoms with Crippen LogP contribution in [0, 0.1) is 17.7 Å². The summed E-state index contributed by atoms with van der Waals surface area (Å²) < 4.78 is 18.9. The maximum atomic E-state index is 13.1. The lowest BCUT2D eigenvalue weighted by atomic mass is 9.79. The lowest BCUT2D eigenvalue weighted by Gasteiger charge is -2.31. The summed E-state index contributed by atoms with van der Waals surface area (Å²) in [6.07, 6.45) is 12.3. The lowest BCUT2D eigenvalue weighted by molar-refractivity contribution is -0.157. The van der Waals surface area contributed by atoms with Gasteiger partial charge >= 0.3 is 5.97 Å². The van der Waals surface area contributed by atoms with E-state index in [2.05, 4.69) is 6.92 Å². The molecule has 26 heavy (non-hydrogen) atoms. The van der Waals surface area contributed by atoms with Crippen LogP contribution in [0.3, 0.4) is 0 Å². The second-order valence-corrected chi connectivity index (χ2v) is 8.32. The zero-order valence-corrected chi connectivity index (χ0v) is 16.1. The second-order valence-electron chi connectivity index (χ2n) is 8.32. The largest absolute Gasteiger partial charge is 0.462 e. The van der Waals surface area contributed by atoms with Gasteiger partial charge in [0.1, 0.15) is 11.9 Å². The van der Waals surface area contributed by atoms with E-state index in [0.29, 0.717) is 5.92 Å². The molecule has 2 saturated carbocycles. The Kier molecular flexibility index (Phi) is 7.10. The van der Waals surface area contributed by atoms with Crippen LogP contribution in [0.2, 0.25) is 0 Å². The smallest absolute Gasteiger partial charge is 0.309 e. The number of esters is 1. The molecule has 144 valence electrons. The Bertz CT molecular complexity index is 552. The molecule has 0 heterocycles. The summed E-state index contributed by atoms with van der Waals surface area (Å²) in [5.74, 6) is 1.29. The third kappa shape index (κ3) is 5.31. The summed E-state index contributed by atoms with van der Waals surface area (Å²) in [5.41, 5.74) is 1.21. The molecule has 0 bridgehead atoms. The molecular formula is C23H33FO2. The second kappa shape index (κ2) is 9.53. The highest BCUT2D eigenvalue weighted by Gasteiger charge is 2.30. The Balaban J connectivity index is 1.39. The fraction of sp³-hybridized carbons (Fsp3) is 0.696. The molecule has 3 rings (SSSR count). The molecule has 1 aromatic carbocycles. The third-order valence-corrected chi connectivity index (χ3v) is 6.44. The minimum absolute atomic E-state index is 0.0455. The van der Waals surface area contributed by atoms with Gasteiger partial charge in [0.15, 0.2) is 0 Å². The van der Waals surface area contributed by atoms with Crippen LogP contribution < -0.4 is 0 Å². The topological polar surface area (TPSA) is 26.3 Å². The first-order valence-corrected chi connectivity index (χ1v) is 10.6. The van der Waals surface area contributed by atoms with Gasteiger partial charge in [-0.05, 0) is 80.9 Å². The highest BCUT2D eigenvalue weighted by atomic mass is 19.1. The fourth-order valence-electron chi connectivity index (χ4n) is 4.69. The van der Waals surface area contributed by atoms with Gasteiger partial charge < -0.3 is 4.74 Å². The maximum absolute atomic E-state index is 13.1. The maximum Gasteiger partial charge on any atom is 0.309 e. The molecule has 0 radical (unpaired) electrons. The molecule has 2 nitrogen and oxygen atoms in total. The van der Waals surface area contributed by atoms with Crippen LogP contribution in [0.4, 0.5) is 4.39 Å². The Morgan fingerprint density at radius 1 is 1.00 bits per heavy atom. The van der Waals surface area contributed by atoms with Crippen molar-refractivity contribution in [3.05, 3.63) is 35.6 Å². The number of benzene rings is 1. The minimum atomic E-state index is -0.180. The number of halogens is 1. The van der Waals surface area contributed by atoms with Crippen molar-refractivity contribution in [2.75, 3.05) is 0 Å². The average molecular weight is 361 g/mol. The van der Waals surface area contributed by atoms with E-state index >= 15 is 0 Å². The number of unbranched alkanes of at least 4 members (excludes halogenated alkanes) is 1. The Morgan fingerprint density at radius 2 is 1.65 bits per heavy atom. The molecule has 0 N–H and O–H groups in total. The zero-order chi connectivity index (χ0) is 18.4. The van der Waals surface area contributed by atoms with Gasteiger partial charge in [-0.1, -0.05) is 38.3 Å². The number of hydrogen-bond acceptors (Lipinski definition) is 2. The van der Waals surface area contributed by atoms with Crippen molar-refractivity contribution < 1.29 is 13.9 Å². The van der Waals surface area contributed by atoms with Crippen molar-refractivity contribution in [2.24, 2.45) is 11.8 Å². The molecule has 0 aliphatic heterocycles. The summed E-state index contributed by atoms with van der Waals surface area (Å²) in [4.78, 5) is 12.5.